The molecule has 4 aliphatic rings. The Balaban J connectivity index is 1.54. The van der Waals surface area contributed by atoms with Crippen molar-refractivity contribution in [3.05, 3.63) is 48.7 Å². The van der Waals surface area contributed by atoms with Gasteiger partial charge in [-0.25, -0.2) is 4.79 Å². The zero-order valence-corrected chi connectivity index (χ0v) is 21.5. The van der Waals surface area contributed by atoms with Gasteiger partial charge in [0, 0.05) is 23.7 Å². The normalized spacial score (nSPS) is 32.7. The lowest BCUT2D eigenvalue weighted by atomic mass is 9.73. The Labute approximate surface area is 208 Å². The first-order valence-electron chi connectivity index (χ1n) is 12.9. The highest BCUT2D eigenvalue weighted by Gasteiger charge is 2.48. The third-order valence-corrected chi connectivity index (χ3v) is 8.39. The molecule has 6 rings (SSSR count). The standard InChI is InChI=1S/C29H38N2O4/c1-6-19-18-31-15-11-20(19)16-25(31)26(34-27(32)29(4)13-7-12-28(2,3)35-29)22-10-14-30-24-9-8-21(33-5)17-23(22)24/h6,8-10,14,17,19-20,25-26H,1,7,11-13,15-16,18H2,2-5H3/t19?,20-,25-,26+,29-/m0/s1. The van der Waals surface area contributed by atoms with Crippen molar-refractivity contribution in [1.82, 2.24) is 9.88 Å². The summed E-state index contributed by atoms with van der Waals surface area (Å²) >= 11 is 0. The number of carbonyl (C=O) groups is 1. The van der Waals surface area contributed by atoms with E-state index in [2.05, 4.69) is 36.4 Å². The van der Waals surface area contributed by atoms with Crippen molar-refractivity contribution < 1.29 is 19.0 Å². The lowest BCUT2D eigenvalue weighted by Gasteiger charge is -2.51. The minimum atomic E-state index is -0.951. The minimum Gasteiger partial charge on any atom is -0.497 e. The number of ether oxygens (including phenoxy) is 3. The van der Waals surface area contributed by atoms with Crippen molar-refractivity contribution >= 4 is 16.9 Å². The summed E-state index contributed by atoms with van der Waals surface area (Å²) in [7, 11) is 1.67. The Morgan fingerprint density at radius 3 is 2.80 bits per heavy atom. The van der Waals surface area contributed by atoms with E-state index in [0.717, 1.165) is 61.0 Å². The van der Waals surface area contributed by atoms with Gasteiger partial charge >= 0.3 is 5.97 Å². The van der Waals surface area contributed by atoms with E-state index < -0.39 is 11.7 Å². The van der Waals surface area contributed by atoms with Crippen LogP contribution < -0.4 is 4.74 Å². The fourth-order valence-corrected chi connectivity index (χ4v) is 6.51. The molecule has 6 atom stereocenters. The number of rotatable bonds is 6. The molecular weight excluding hydrogens is 440 g/mol. The molecule has 35 heavy (non-hydrogen) atoms. The predicted molar refractivity (Wildman–Crippen MR) is 136 cm³/mol. The quantitative estimate of drug-likeness (QED) is 0.406. The Kier molecular flexibility index (Phi) is 6.39. The van der Waals surface area contributed by atoms with Crippen LogP contribution >= 0.6 is 0 Å². The van der Waals surface area contributed by atoms with Gasteiger partial charge in [0.1, 0.15) is 11.9 Å². The van der Waals surface area contributed by atoms with E-state index in [-0.39, 0.29) is 17.6 Å². The summed E-state index contributed by atoms with van der Waals surface area (Å²) in [5.74, 6) is 1.54. The Bertz CT molecular complexity index is 1120. The molecule has 1 aromatic carbocycles. The Morgan fingerprint density at radius 2 is 2.11 bits per heavy atom. The highest BCUT2D eigenvalue weighted by Crippen LogP contribution is 2.45. The number of benzene rings is 1. The second kappa shape index (κ2) is 9.21. The van der Waals surface area contributed by atoms with Crippen molar-refractivity contribution in [2.24, 2.45) is 11.8 Å². The number of aromatic nitrogens is 1. The van der Waals surface area contributed by atoms with Gasteiger partial charge in [-0.3, -0.25) is 9.88 Å². The van der Waals surface area contributed by atoms with Crippen molar-refractivity contribution in [1.29, 1.82) is 0 Å². The Hall–Kier alpha value is -2.44. The molecule has 5 heterocycles. The number of hydrogen-bond acceptors (Lipinski definition) is 6. The molecule has 6 heteroatoms. The van der Waals surface area contributed by atoms with E-state index in [1.807, 2.05) is 37.4 Å². The fourth-order valence-electron chi connectivity index (χ4n) is 6.51. The van der Waals surface area contributed by atoms with Crippen LogP contribution in [-0.2, 0) is 14.3 Å². The zero-order valence-electron chi connectivity index (χ0n) is 21.5. The molecule has 0 saturated carbocycles. The van der Waals surface area contributed by atoms with E-state index in [1.54, 1.807) is 7.11 Å². The van der Waals surface area contributed by atoms with Gasteiger partial charge in [-0.05, 0) is 95.5 Å². The lowest BCUT2D eigenvalue weighted by Crippen LogP contribution is -2.56. The van der Waals surface area contributed by atoms with Gasteiger partial charge in [-0.1, -0.05) is 6.08 Å². The molecule has 0 N–H and O–H groups in total. The molecule has 4 fully saturated rings. The van der Waals surface area contributed by atoms with E-state index in [1.165, 1.54) is 0 Å². The first-order valence-corrected chi connectivity index (χ1v) is 12.9. The molecule has 188 valence electrons. The van der Waals surface area contributed by atoms with Gasteiger partial charge in [0.2, 0.25) is 0 Å². The van der Waals surface area contributed by atoms with E-state index >= 15 is 0 Å². The van der Waals surface area contributed by atoms with Crippen LogP contribution in [0.3, 0.4) is 0 Å². The number of piperidine rings is 3. The van der Waals surface area contributed by atoms with Gasteiger partial charge in [-0.15, -0.1) is 6.58 Å². The highest BCUT2D eigenvalue weighted by molar-refractivity contribution is 5.85. The molecule has 6 nitrogen and oxygen atoms in total. The summed E-state index contributed by atoms with van der Waals surface area (Å²) in [6.07, 6.45) is 8.18. The number of hydrogen-bond donors (Lipinski definition) is 0. The topological polar surface area (TPSA) is 60.9 Å². The lowest BCUT2D eigenvalue weighted by molar-refractivity contribution is -0.211. The maximum Gasteiger partial charge on any atom is 0.338 e. The van der Waals surface area contributed by atoms with Crippen LogP contribution in [0.25, 0.3) is 10.9 Å². The van der Waals surface area contributed by atoms with Crippen molar-refractivity contribution in [3.63, 3.8) is 0 Å². The summed E-state index contributed by atoms with van der Waals surface area (Å²) in [6.45, 7) is 12.0. The maximum absolute atomic E-state index is 13.8. The molecule has 2 unspecified atom stereocenters. The third-order valence-electron chi connectivity index (χ3n) is 8.39. The van der Waals surface area contributed by atoms with Gasteiger partial charge < -0.3 is 14.2 Å². The van der Waals surface area contributed by atoms with E-state index in [9.17, 15) is 4.79 Å². The monoisotopic (exact) mass is 478 g/mol. The van der Waals surface area contributed by atoms with Crippen LogP contribution in [0.2, 0.25) is 0 Å². The average molecular weight is 479 g/mol. The number of esters is 1. The highest BCUT2D eigenvalue weighted by atomic mass is 16.6. The van der Waals surface area contributed by atoms with Crippen LogP contribution in [0.5, 0.6) is 5.75 Å². The molecule has 0 spiro atoms. The number of pyridine rings is 1. The summed E-state index contributed by atoms with van der Waals surface area (Å²) in [6, 6.07) is 7.99. The second-order valence-electron chi connectivity index (χ2n) is 11.3. The fraction of sp³-hybridized carbons (Fsp3) is 0.586. The summed E-state index contributed by atoms with van der Waals surface area (Å²) < 4.78 is 18.4. The molecule has 2 bridgehead atoms. The third kappa shape index (κ3) is 4.58. The predicted octanol–water partition coefficient (Wildman–Crippen LogP) is 5.46. The molecule has 1 aromatic heterocycles. The number of fused-ring (bicyclic) bond motifs is 4. The largest absolute Gasteiger partial charge is 0.497 e. The minimum absolute atomic E-state index is 0.103. The number of nitrogens with zero attached hydrogens (tertiary/aromatic N) is 2. The van der Waals surface area contributed by atoms with E-state index in [4.69, 9.17) is 14.2 Å². The summed E-state index contributed by atoms with van der Waals surface area (Å²) in [5.41, 5.74) is 0.551. The SMILES string of the molecule is C=CC1CN2CC[C@H]1C[C@H]2[C@H](OC(=O)[C@]1(C)CCCC(C)(C)O1)c1ccnc2ccc(OC)cc12. The van der Waals surface area contributed by atoms with Crippen LogP contribution in [0.1, 0.15) is 64.5 Å². The first-order chi connectivity index (χ1) is 16.7. The molecule has 4 aliphatic heterocycles. The molecule has 4 saturated heterocycles. The number of carbonyl (C=O) groups excluding carboxylic acids is 1. The van der Waals surface area contributed by atoms with E-state index in [0.29, 0.717) is 18.3 Å². The van der Waals surface area contributed by atoms with Crippen molar-refractivity contribution in [3.8, 4) is 5.75 Å². The van der Waals surface area contributed by atoms with Crippen LogP contribution in [0.15, 0.2) is 43.1 Å². The summed E-state index contributed by atoms with van der Waals surface area (Å²) in [5, 5.41) is 0.961. The van der Waals surface area contributed by atoms with Gasteiger partial charge in [-0.2, -0.15) is 0 Å². The zero-order chi connectivity index (χ0) is 24.8. The number of methoxy groups -OCH3 is 1. The van der Waals surface area contributed by atoms with Crippen molar-refractivity contribution in [2.75, 3.05) is 20.2 Å². The second-order valence-corrected chi connectivity index (χ2v) is 11.3. The molecule has 2 aromatic rings. The smallest absolute Gasteiger partial charge is 0.338 e. The average Bonchev–Trinajstić information content (AvgIpc) is 2.85. The van der Waals surface area contributed by atoms with Crippen LogP contribution in [-0.4, -0.2) is 53.3 Å². The molecule has 0 radical (unpaired) electrons. The summed E-state index contributed by atoms with van der Waals surface area (Å²) in [4.78, 5) is 20.9. The molecule has 0 aliphatic carbocycles. The maximum atomic E-state index is 13.8. The van der Waals surface area contributed by atoms with Crippen LogP contribution in [0.4, 0.5) is 0 Å². The van der Waals surface area contributed by atoms with Gasteiger partial charge in [0.05, 0.1) is 24.3 Å². The first kappa shape index (κ1) is 24.3. The Morgan fingerprint density at radius 1 is 1.29 bits per heavy atom. The van der Waals surface area contributed by atoms with Crippen molar-refractivity contribution in [2.45, 2.75) is 76.2 Å². The molecule has 0 amide bonds. The van der Waals surface area contributed by atoms with Crippen LogP contribution in [0, 0.1) is 11.8 Å². The van der Waals surface area contributed by atoms with Gasteiger partial charge in [0.15, 0.2) is 5.60 Å². The molecular formula is C29H38N2O4. The van der Waals surface area contributed by atoms with Gasteiger partial charge in [0.25, 0.3) is 0 Å².